The topological polar surface area (TPSA) is 56.2 Å². The average molecular weight is 355 g/mol. The maximum absolute atomic E-state index is 13.1. The molecular formula is C17H20F3N3O2. The number of rotatable bonds is 7. The minimum Gasteiger partial charge on any atom is -0.476 e. The zero-order valence-corrected chi connectivity index (χ0v) is 14.1. The van der Waals surface area contributed by atoms with Crippen LogP contribution in [0.3, 0.4) is 0 Å². The van der Waals surface area contributed by atoms with Crippen molar-refractivity contribution in [1.82, 2.24) is 9.78 Å². The number of aromatic nitrogens is 2. The van der Waals surface area contributed by atoms with Gasteiger partial charge in [0.1, 0.15) is 5.56 Å². The quantitative estimate of drug-likeness (QED) is 0.803. The van der Waals surface area contributed by atoms with Gasteiger partial charge in [0, 0.05) is 12.7 Å². The van der Waals surface area contributed by atoms with Gasteiger partial charge in [0.2, 0.25) is 5.88 Å². The van der Waals surface area contributed by atoms with Crippen LogP contribution in [0.15, 0.2) is 30.5 Å². The molecule has 8 heteroatoms. The lowest BCUT2D eigenvalue weighted by Crippen LogP contribution is -2.17. The third-order valence-corrected chi connectivity index (χ3v) is 3.35. The summed E-state index contributed by atoms with van der Waals surface area (Å²) in [7, 11) is 0. The average Bonchev–Trinajstić information content (AvgIpc) is 2.96. The zero-order valence-electron chi connectivity index (χ0n) is 14.1. The molecule has 2 rings (SSSR count). The van der Waals surface area contributed by atoms with E-state index in [9.17, 15) is 18.0 Å². The van der Waals surface area contributed by atoms with Gasteiger partial charge in [-0.15, -0.1) is 5.10 Å². The molecule has 0 fully saturated rings. The van der Waals surface area contributed by atoms with Crippen LogP contribution in [0.5, 0.6) is 5.88 Å². The second-order valence-corrected chi connectivity index (χ2v) is 5.46. The number of nitrogens with zero attached hydrogens (tertiary/aromatic N) is 2. The Balaban J connectivity index is 2.29. The van der Waals surface area contributed by atoms with E-state index in [0.29, 0.717) is 13.2 Å². The van der Waals surface area contributed by atoms with Gasteiger partial charge >= 0.3 is 6.18 Å². The molecule has 0 atom stereocenters. The summed E-state index contributed by atoms with van der Waals surface area (Å²) < 4.78 is 46.2. The Bertz CT molecular complexity index is 726. The van der Waals surface area contributed by atoms with Crippen LogP contribution in [0.1, 0.15) is 42.6 Å². The lowest BCUT2D eigenvalue weighted by Gasteiger charge is -2.13. The summed E-state index contributed by atoms with van der Waals surface area (Å²) in [5.74, 6) is -0.567. The summed E-state index contributed by atoms with van der Waals surface area (Å²) in [4.78, 5) is 12.5. The number of ether oxygens (including phenoxy) is 1. The zero-order chi connectivity index (χ0) is 18.4. The number of para-hydroxylation sites is 1. The standard InChI is InChI=1S/C17H20F3N3O2/c1-3-9-23-11-12(16(22-23)25-10-4-2)15(24)21-14-8-6-5-7-13(14)17(18,19)20/h5-8,11H,3-4,9-10H2,1-2H3,(H,21,24). The van der Waals surface area contributed by atoms with Crippen molar-refractivity contribution >= 4 is 11.6 Å². The molecule has 0 saturated carbocycles. The first kappa shape index (κ1) is 18.8. The van der Waals surface area contributed by atoms with E-state index in [1.54, 1.807) is 4.68 Å². The van der Waals surface area contributed by atoms with Gasteiger partial charge in [-0.05, 0) is 25.0 Å². The van der Waals surface area contributed by atoms with Gasteiger partial charge in [-0.1, -0.05) is 26.0 Å². The molecule has 1 heterocycles. The molecule has 0 unspecified atom stereocenters. The highest BCUT2D eigenvalue weighted by Gasteiger charge is 2.34. The van der Waals surface area contributed by atoms with E-state index in [0.717, 1.165) is 18.9 Å². The highest BCUT2D eigenvalue weighted by atomic mass is 19.4. The molecule has 0 aliphatic rings. The molecule has 1 aromatic heterocycles. The van der Waals surface area contributed by atoms with Gasteiger partial charge in [0.25, 0.3) is 5.91 Å². The SMILES string of the molecule is CCCOc1nn(CCC)cc1C(=O)Nc1ccccc1C(F)(F)F. The highest BCUT2D eigenvalue weighted by Crippen LogP contribution is 2.35. The van der Waals surface area contributed by atoms with Gasteiger partial charge in [0.15, 0.2) is 0 Å². The number of amides is 1. The molecule has 0 spiro atoms. The first-order valence-corrected chi connectivity index (χ1v) is 8.04. The summed E-state index contributed by atoms with van der Waals surface area (Å²) in [6.45, 7) is 4.80. The molecule has 0 aliphatic carbocycles. The smallest absolute Gasteiger partial charge is 0.418 e. The largest absolute Gasteiger partial charge is 0.476 e. The van der Waals surface area contributed by atoms with Gasteiger partial charge < -0.3 is 10.1 Å². The number of aryl methyl sites for hydroxylation is 1. The Hall–Kier alpha value is -2.51. The molecule has 0 saturated heterocycles. The first-order valence-electron chi connectivity index (χ1n) is 8.04. The summed E-state index contributed by atoms with van der Waals surface area (Å²) in [5.41, 5.74) is -1.09. The monoisotopic (exact) mass is 355 g/mol. The lowest BCUT2D eigenvalue weighted by atomic mass is 10.1. The van der Waals surface area contributed by atoms with E-state index in [4.69, 9.17) is 4.74 Å². The number of benzene rings is 1. The maximum atomic E-state index is 13.1. The second-order valence-electron chi connectivity index (χ2n) is 5.46. The van der Waals surface area contributed by atoms with Crippen molar-refractivity contribution in [2.24, 2.45) is 0 Å². The van der Waals surface area contributed by atoms with E-state index < -0.39 is 17.6 Å². The van der Waals surface area contributed by atoms with E-state index >= 15 is 0 Å². The Morgan fingerprint density at radius 2 is 1.96 bits per heavy atom. The lowest BCUT2D eigenvalue weighted by molar-refractivity contribution is -0.136. The van der Waals surface area contributed by atoms with E-state index in [-0.39, 0.29) is 17.1 Å². The number of carbonyl (C=O) groups excluding carboxylic acids is 1. The third kappa shape index (κ3) is 4.74. The molecule has 136 valence electrons. The maximum Gasteiger partial charge on any atom is 0.418 e. The van der Waals surface area contributed by atoms with Crippen molar-refractivity contribution in [3.63, 3.8) is 0 Å². The number of alkyl halides is 3. The molecule has 2 aromatic rings. The summed E-state index contributed by atoms with van der Waals surface area (Å²) >= 11 is 0. The van der Waals surface area contributed by atoms with Gasteiger partial charge in [0.05, 0.1) is 17.9 Å². The van der Waals surface area contributed by atoms with Gasteiger partial charge in [-0.2, -0.15) is 13.2 Å². The first-order chi connectivity index (χ1) is 11.9. The number of halogens is 3. The van der Waals surface area contributed by atoms with Crippen molar-refractivity contribution in [2.75, 3.05) is 11.9 Å². The predicted molar refractivity (Wildman–Crippen MR) is 87.7 cm³/mol. The van der Waals surface area contributed by atoms with Crippen molar-refractivity contribution in [3.8, 4) is 5.88 Å². The molecule has 1 amide bonds. The van der Waals surface area contributed by atoms with E-state index in [2.05, 4.69) is 10.4 Å². The normalized spacial score (nSPS) is 11.4. The fraction of sp³-hybridized carbons (Fsp3) is 0.412. The Kier molecular flexibility index (Phi) is 6.06. The minimum atomic E-state index is -4.56. The third-order valence-electron chi connectivity index (χ3n) is 3.35. The van der Waals surface area contributed by atoms with Crippen LogP contribution in [0.25, 0.3) is 0 Å². The fourth-order valence-electron chi connectivity index (χ4n) is 2.24. The Morgan fingerprint density at radius 1 is 1.24 bits per heavy atom. The Morgan fingerprint density at radius 3 is 2.60 bits per heavy atom. The molecular weight excluding hydrogens is 335 g/mol. The number of nitrogens with one attached hydrogen (secondary N) is 1. The van der Waals surface area contributed by atoms with Crippen LogP contribution in [0.4, 0.5) is 18.9 Å². The molecule has 0 aliphatic heterocycles. The predicted octanol–water partition coefficient (Wildman–Crippen LogP) is 4.35. The molecule has 1 aromatic carbocycles. The van der Waals surface area contributed by atoms with Gasteiger partial charge in [-0.3, -0.25) is 9.48 Å². The number of carbonyl (C=O) groups is 1. The van der Waals surface area contributed by atoms with Gasteiger partial charge in [-0.25, -0.2) is 0 Å². The van der Waals surface area contributed by atoms with Crippen molar-refractivity contribution in [2.45, 2.75) is 39.4 Å². The Labute approximate surface area is 143 Å². The van der Waals surface area contributed by atoms with Crippen LogP contribution in [0, 0.1) is 0 Å². The molecule has 1 N–H and O–H groups in total. The molecule has 0 radical (unpaired) electrons. The van der Waals surface area contributed by atoms with Crippen LogP contribution in [-0.4, -0.2) is 22.3 Å². The van der Waals surface area contributed by atoms with Crippen molar-refractivity contribution in [3.05, 3.63) is 41.6 Å². The van der Waals surface area contributed by atoms with Crippen LogP contribution >= 0.6 is 0 Å². The number of hydrogen-bond acceptors (Lipinski definition) is 3. The van der Waals surface area contributed by atoms with Crippen molar-refractivity contribution in [1.29, 1.82) is 0 Å². The second kappa shape index (κ2) is 8.04. The molecule has 25 heavy (non-hydrogen) atoms. The summed E-state index contributed by atoms with van der Waals surface area (Å²) in [6, 6.07) is 4.84. The van der Waals surface area contributed by atoms with E-state index in [1.165, 1.54) is 24.4 Å². The van der Waals surface area contributed by atoms with Crippen LogP contribution in [-0.2, 0) is 12.7 Å². The highest BCUT2D eigenvalue weighted by molar-refractivity contribution is 6.06. The van der Waals surface area contributed by atoms with Crippen LogP contribution < -0.4 is 10.1 Å². The fourth-order valence-corrected chi connectivity index (χ4v) is 2.24. The summed E-state index contributed by atoms with van der Waals surface area (Å²) in [5, 5.41) is 6.50. The summed E-state index contributed by atoms with van der Waals surface area (Å²) in [6.07, 6.45) is -1.55. The number of hydrogen-bond donors (Lipinski definition) is 1. The minimum absolute atomic E-state index is 0.110. The van der Waals surface area contributed by atoms with E-state index in [1.807, 2.05) is 13.8 Å². The molecule has 0 bridgehead atoms. The molecule has 5 nitrogen and oxygen atoms in total. The van der Waals surface area contributed by atoms with Crippen LogP contribution in [0.2, 0.25) is 0 Å². The number of anilines is 1. The van der Waals surface area contributed by atoms with Crippen molar-refractivity contribution < 1.29 is 22.7 Å².